The molecule has 1 saturated heterocycles. The van der Waals surface area contributed by atoms with Crippen molar-refractivity contribution in [2.24, 2.45) is 0 Å². The Kier molecular flexibility index (Phi) is 8.67. The van der Waals surface area contributed by atoms with Crippen LogP contribution in [-0.2, 0) is 4.74 Å². The summed E-state index contributed by atoms with van der Waals surface area (Å²) in [7, 11) is 0. The summed E-state index contributed by atoms with van der Waals surface area (Å²) in [5, 5.41) is 4.60. The SMILES string of the molecule is CC(C)(C)OC(=O)N[C@]1(C(F)(F)F)CCN(c2ncc(C(=O)Nc3ccc(OC(F)(F)Cl)cc3)cc2-c2cncnc2)C1. The van der Waals surface area contributed by atoms with Crippen molar-refractivity contribution in [1.82, 2.24) is 20.3 Å². The number of amides is 2. The van der Waals surface area contributed by atoms with Crippen LogP contribution in [0.2, 0.25) is 0 Å². The third-order valence-corrected chi connectivity index (χ3v) is 6.28. The maximum Gasteiger partial charge on any atom is 0.487 e. The van der Waals surface area contributed by atoms with Crippen LogP contribution in [0.4, 0.5) is 38.3 Å². The molecule has 0 aliphatic carbocycles. The molecular weight excluding hydrogens is 603 g/mol. The fraction of sp³-hybridized carbons (Fsp3) is 0.370. The average Bonchev–Trinajstić information content (AvgIpc) is 3.33. The molecule has 1 aromatic carbocycles. The Morgan fingerprint density at radius 1 is 1.02 bits per heavy atom. The van der Waals surface area contributed by atoms with Gasteiger partial charge < -0.3 is 25.0 Å². The van der Waals surface area contributed by atoms with Gasteiger partial charge in [-0.05, 0) is 57.5 Å². The largest absolute Gasteiger partial charge is 0.487 e. The smallest absolute Gasteiger partial charge is 0.444 e. The average molecular weight is 629 g/mol. The highest BCUT2D eigenvalue weighted by Gasteiger charge is 2.60. The predicted octanol–water partition coefficient (Wildman–Crippen LogP) is 5.99. The minimum atomic E-state index is -4.82. The lowest BCUT2D eigenvalue weighted by atomic mass is 9.98. The number of alkyl halides is 6. The van der Waals surface area contributed by atoms with Crippen LogP contribution in [-0.4, -0.2) is 62.9 Å². The number of hydrogen-bond donors (Lipinski definition) is 2. The van der Waals surface area contributed by atoms with E-state index in [1.54, 1.807) is 0 Å². The summed E-state index contributed by atoms with van der Waals surface area (Å²) in [6.07, 6.45) is -1.26. The van der Waals surface area contributed by atoms with Gasteiger partial charge in [-0.1, -0.05) is 0 Å². The number of benzene rings is 1. The monoisotopic (exact) mass is 628 g/mol. The first kappa shape index (κ1) is 31.7. The normalized spacial score (nSPS) is 17.4. The number of alkyl carbamates (subject to hydrolysis) is 1. The van der Waals surface area contributed by atoms with E-state index in [4.69, 9.17) is 16.3 Å². The van der Waals surface area contributed by atoms with E-state index >= 15 is 0 Å². The summed E-state index contributed by atoms with van der Waals surface area (Å²) in [5.74, 6) is -0.782. The van der Waals surface area contributed by atoms with Crippen LogP contribution in [0.15, 0.2) is 55.2 Å². The summed E-state index contributed by atoms with van der Waals surface area (Å²) in [6, 6.07) is 6.37. The number of anilines is 2. The van der Waals surface area contributed by atoms with Crippen LogP contribution in [0.1, 0.15) is 37.6 Å². The van der Waals surface area contributed by atoms with Gasteiger partial charge in [0, 0.05) is 53.6 Å². The van der Waals surface area contributed by atoms with Crippen LogP contribution in [0, 0.1) is 0 Å². The molecule has 1 aliphatic rings. The summed E-state index contributed by atoms with van der Waals surface area (Å²) in [4.78, 5) is 39.0. The van der Waals surface area contributed by atoms with Gasteiger partial charge in [-0.15, -0.1) is 8.78 Å². The molecule has 0 unspecified atom stereocenters. The molecule has 4 rings (SSSR count). The van der Waals surface area contributed by atoms with Crippen LogP contribution < -0.4 is 20.3 Å². The second-order valence-electron chi connectivity index (χ2n) is 10.6. The van der Waals surface area contributed by atoms with E-state index in [9.17, 15) is 31.5 Å². The number of carbonyl (C=O) groups is 2. The van der Waals surface area contributed by atoms with E-state index < -0.39 is 47.9 Å². The van der Waals surface area contributed by atoms with Crippen LogP contribution >= 0.6 is 11.6 Å². The quantitative estimate of drug-likeness (QED) is 0.242. The molecule has 1 fully saturated rings. The van der Waals surface area contributed by atoms with Gasteiger partial charge >= 0.3 is 17.8 Å². The second kappa shape index (κ2) is 11.8. The van der Waals surface area contributed by atoms with Gasteiger partial charge in [0.25, 0.3) is 5.91 Å². The molecule has 10 nitrogen and oxygen atoms in total. The Balaban J connectivity index is 1.61. The number of ether oxygens (including phenoxy) is 2. The molecule has 2 amide bonds. The molecule has 1 aliphatic heterocycles. The Hall–Kier alpha value is -4.27. The standard InChI is InChI=1S/C27H26ClF5N6O4/c1-24(2,3)43-23(41)38-25(26(29,30)31)8-9-39(14-25)21-20(17-11-34-15-35-12-17)10-16(13-36-21)22(40)37-18-4-6-19(7-5-18)42-27(28,32)33/h4-7,10-13,15H,8-9,14H2,1-3H3,(H,37,40)(H,38,41)/t25-/m1/s1. The molecule has 3 heterocycles. The highest BCUT2D eigenvalue weighted by molar-refractivity contribution is 6.20. The van der Waals surface area contributed by atoms with E-state index in [0.717, 1.165) is 0 Å². The van der Waals surface area contributed by atoms with Crippen LogP contribution in [0.5, 0.6) is 5.75 Å². The van der Waals surface area contributed by atoms with E-state index in [1.807, 2.05) is 5.32 Å². The first-order valence-electron chi connectivity index (χ1n) is 12.7. The number of carbonyl (C=O) groups excluding carboxylic acids is 2. The zero-order valence-corrected chi connectivity index (χ0v) is 23.8. The highest BCUT2D eigenvalue weighted by Crippen LogP contribution is 2.41. The third-order valence-electron chi connectivity index (χ3n) is 6.20. The summed E-state index contributed by atoms with van der Waals surface area (Å²) < 4.78 is 78.1. The van der Waals surface area contributed by atoms with Gasteiger partial charge in [0.05, 0.1) is 12.1 Å². The Bertz CT molecular complexity index is 1470. The summed E-state index contributed by atoms with van der Waals surface area (Å²) in [5.41, 5.74) is -6.65. The van der Waals surface area contributed by atoms with Gasteiger partial charge in [0.15, 0.2) is 5.54 Å². The van der Waals surface area contributed by atoms with Crippen molar-refractivity contribution in [2.75, 3.05) is 23.3 Å². The van der Waals surface area contributed by atoms with Gasteiger partial charge in [-0.3, -0.25) is 4.79 Å². The van der Waals surface area contributed by atoms with Gasteiger partial charge in [-0.25, -0.2) is 19.7 Å². The number of rotatable bonds is 7. The molecule has 0 radical (unpaired) electrons. The Morgan fingerprint density at radius 2 is 1.67 bits per heavy atom. The number of nitrogens with zero attached hydrogens (tertiary/aromatic N) is 4. The van der Waals surface area contributed by atoms with E-state index in [2.05, 4.69) is 25.0 Å². The van der Waals surface area contributed by atoms with E-state index in [1.165, 1.54) is 80.9 Å². The third kappa shape index (κ3) is 7.97. The Morgan fingerprint density at radius 3 is 2.26 bits per heavy atom. The lowest BCUT2D eigenvalue weighted by Crippen LogP contribution is -2.61. The number of halogens is 6. The predicted molar refractivity (Wildman–Crippen MR) is 146 cm³/mol. The highest BCUT2D eigenvalue weighted by atomic mass is 35.5. The molecule has 0 saturated carbocycles. The molecule has 0 bridgehead atoms. The number of aromatic nitrogens is 3. The van der Waals surface area contributed by atoms with Gasteiger partial charge in [0.2, 0.25) is 0 Å². The maximum atomic E-state index is 14.4. The Labute approximate surface area is 247 Å². The minimum absolute atomic E-state index is 0.0309. The van der Waals surface area contributed by atoms with E-state index in [-0.39, 0.29) is 34.9 Å². The maximum absolute atomic E-state index is 14.4. The van der Waals surface area contributed by atoms with Crippen molar-refractivity contribution < 1.29 is 41.0 Å². The second-order valence-corrected chi connectivity index (χ2v) is 11.1. The summed E-state index contributed by atoms with van der Waals surface area (Å²) >= 11 is 4.76. The topological polar surface area (TPSA) is 119 Å². The molecule has 0 spiro atoms. The summed E-state index contributed by atoms with van der Waals surface area (Å²) in [6.45, 7) is 3.80. The first-order valence-corrected chi connectivity index (χ1v) is 13.1. The van der Waals surface area contributed by atoms with Crippen molar-refractivity contribution in [3.05, 3.63) is 60.8 Å². The fourth-order valence-corrected chi connectivity index (χ4v) is 4.41. The molecule has 2 N–H and O–H groups in total. The van der Waals surface area contributed by atoms with E-state index in [0.29, 0.717) is 5.56 Å². The van der Waals surface area contributed by atoms with Crippen LogP contribution in [0.25, 0.3) is 11.1 Å². The number of nitrogens with one attached hydrogen (secondary N) is 2. The van der Waals surface area contributed by atoms with Crippen molar-refractivity contribution in [3.63, 3.8) is 0 Å². The first-order chi connectivity index (χ1) is 19.9. The molecular formula is C27H26ClF5N6O4. The molecule has 43 heavy (non-hydrogen) atoms. The zero-order chi connectivity index (χ0) is 31.6. The minimum Gasteiger partial charge on any atom is -0.444 e. The molecule has 230 valence electrons. The van der Waals surface area contributed by atoms with Crippen molar-refractivity contribution in [2.45, 2.75) is 50.1 Å². The van der Waals surface area contributed by atoms with Crippen molar-refractivity contribution in [3.8, 4) is 16.9 Å². The van der Waals surface area contributed by atoms with Gasteiger partial charge in [0.1, 0.15) is 23.5 Å². The van der Waals surface area contributed by atoms with Gasteiger partial charge in [-0.2, -0.15) is 13.2 Å². The lowest BCUT2D eigenvalue weighted by molar-refractivity contribution is -0.188. The lowest BCUT2D eigenvalue weighted by Gasteiger charge is -2.34. The van der Waals surface area contributed by atoms with Crippen molar-refractivity contribution in [1.29, 1.82) is 0 Å². The van der Waals surface area contributed by atoms with Crippen molar-refractivity contribution >= 4 is 35.1 Å². The molecule has 2 aromatic heterocycles. The molecule has 1 atom stereocenters. The number of pyridine rings is 1. The number of hydrogen-bond acceptors (Lipinski definition) is 8. The molecule has 16 heteroatoms. The molecule has 3 aromatic rings. The van der Waals surface area contributed by atoms with Crippen LogP contribution in [0.3, 0.4) is 0 Å². The zero-order valence-electron chi connectivity index (χ0n) is 23.0. The fourth-order valence-electron chi connectivity index (χ4n) is 4.32.